The first-order valence-electron chi connectivity index (χ1n) is 10.9. The predicted octanol–water partition coefficient (Wildman–Crippen LogP) is 4.14. The van der Waals surface area contributed by atoms with Gasteiger partial charge in [0.05, 0.1) is 11.6 Å². The summed E-state index contributed by atoms with van der Waals surface area (Å²) in [6.45, 7) is 9.98. The van der Waals surface area contributed by atoms with Crippen LogP contribution in [-0.2, 0) is 4.79 Å². The van der Waals surface area contributed by atoms with Crippen molar-refractivity contribution in [3.05, 3.63) is 47.8 Å². The van der Waals surface area contributed by atoms with Gasteiger partial charge in [0.15, 0.2) is 5.82 Å². The molecule has 2 aromatic heterocycles. The normalized spacial score (nSPS) is 17.9. The highest BCUT2D eigenvalue weighted by Gasteiger charge is 2.28. The van der Waals surface area contributed by atoms with Crippen LogP contribution in [0.25, 0.3) is 16.8 Å². The lowest BCUT2D eigenvalue weighted by Crippen LogP contribution is -2.45. The van der Waals surface area contributed by atoms with Crippen LogP contribution in [0.15, 0.2) is 36.7 Å². The van der Waals surface area contributed by atoms with Crippen LogP contribution in [0.5, 0.6) is 0 Å². The molecule has 1 aliphatic rings. The summed E-state index contributed by atoms with van der Waals surface area (Å²) in [6, 6.07) is 8.77. The molecule has 6 heteroatoms. The molecule has 0 aliphatic carbocycles. The fourth-order valence-corrected chi connectivity index (χ4v) is 4.23. The van der Waals surface area contributed by atoms with E-state index in [0.29, 0.717) is 6.54 Å². The molecule has 158 valence electrons. The lowest BCUT2D eigenvalue weighted by atomic mass is 9.96. The third-order valence-electron chi connectivity index (χ3n) is 6.12. The minimum atomic E-state index is -0.00320. The van der Waals surface area contributed by atoms with Gasteiger partial charge in [-0.05, 0) is 51.7 Å². The van der Waals surface area contributed by atoms with E-state index in [0.717, 1.165) is 48.4 Å². The number of nitrogens with one attached hydrogen (secondary N) is 1. The van der Waals surface area contributed by atoms with Crippen molar-refractivity contribution in [1.29, 1.82) is 0 Å². The van der Waals surface area contributed by atoms with E-state index in [-0.39, 0.29) is 17.9 Å². The number of rotatable bonds is 5. The summed E-state index contributed by atoms with van der Waals surface area (Å²) in [7, 11) is 0. The number of hydrogen-bond donors (Lipinski definition) is 1. The second kappa shape index (κ2) is 8.46. The molecule has 0 bridgehead atoms. The molecule has 4 rings (SSSR count). The van der Waals surface area contributed by atoms with Crippen LogP contribution in [0.1, 0.15) is 44.2 Å². The lowest BCUT2D eigenvalue weighted by Gasteiger charge is -2.33. The van der Waals surface area contributed by atoms with Crippen molar-refractivity contribution in [1.82, 2.24) is 19.9 Å². The Kier molecular flexibility index (Phi) is 5.75. The molecule has 0 unspecified atom stereocenters. The van der Waals surface area contributed by atoms with Gasteiger partial charge in [-0.25, -0.2) is 9.50 Å². The van der Waals surface area contributed by atoms with Gasteiger partial charge in [0.25, 0.3) is 0 Å². The number of carbonyl (C=O) groups is 1. The Labute approximate surface area is 178 Å². The molecular formula is C24H31N5O. The van der Waals surface area contributed by atoms with Gasteiger partial charge in [-0.15, -0.1) is 0 Å². The molecule has 6 nitrogen and oxygen atoms in total. The number of fused-ring (bicyclic) bond motifs is 1. The Morgan fingerprint density at radius 1 is 1.30 bits per heavy atom. The van der Waals surface area contributed by atoms with Gasteiger partial charge in [-0.1, -0.05) is 30.7 Å². The number of aryl methyl sites for hydroxylation is 2. The molecule has 30 heavy (non-hydrogen) atoms. The van der Waals surface area contributed by atoms with E-state index < -0.39 is 0 Å². The number of aromatic nitrogens is 3. The Balaban J connectivity index is 1.62. The summed E-state index contributed by atoms with van der Waals surface area (Å²) in [6.07, 6.45) is 6.54. The summed E-state index contributed by atoms with van der Waals surface area (Å²) < 4.78 is 1.90. The Morgan fingerprint density at radius 2 is 2.13 bits per heavy atom. The zero-order valence-corrected chi connectivity index (χ0v) is 18.4. The molecule has 3 heterocycles. The second-order valence-corrected chi connectivity index (χ2v) is 8.53. The van der Waals surface area contributed by atoms with Crippen LogP contribution in [0.2, 0.25) is 0 Å². The first-order chi connectivity index (χ1) is 14.5. The van der Waals surface area contributed by atoms with E-state index in [1.807, 2.05) is 10.7 Å². The quantitative estimate of drug-likeness (QED) is 0.693. The number of nitrogens with zero attached hydrogens (tertiary/aromatic N) is 4. The molecule has 1 aliphatic heterocycles. The van der Waals surface area contributed by atoms with Crippen molar-refractivity contribution in [2.45, 2.75) is 53.0 Å². The van der Waals surface area contributed by atoms with Crippen molar-refractivity contribution in [3.63, 3.8) is 0 Å². The molecule has 1 fully saturated rings. The van der Waals surface area contributed by atoms with Crippen molar-refractivity contribution < 1.29 is 4.79 Å². The van der Waals surface area contributed by atoms with Gasteiger partial charge in [-0.2, -0.15) is 5.10 Å². The Bertz CT molecular complexity index is 1060. The zero-order valence-electron chi connectivity index (χ0n) is 18.4. The van der Waals surface area contributed by atoms with Crippen LogP contribution < -0.4 is 10.2 Å². The monoisotopic (exact) mass is 405 g/mol. The smallest absolute Gasteiger partial charge is 0.225 e. The van der Waals surface area contributed by atoms with Gasteiger partial charge in [-0.3, -0.25) is 4.79 Å². The summed E-state index contributed by atoms with van der Waals surface area (Å²) in [5.74, 6) is 1.06. The fraction of sp³-hybridized carbons (Fsp3) is 0.458. The predicted molar refractivity (Wildman–Crippen MR) is 121 cm³/mol. The summed E-state index contributed by atoms with van der Waals surface area (Å²) in [4.78, 5) is 19.6. The van der Waals surface area contributed by atoms with Crippen molar-refractivity contribution in [2.24, 2.45) is 5.92 Å². The van der Waals surface area contributed by atoms with E-state index in [2.05, 4.69) is 67.2 Å². The molecule has 0 saturated carbocycles. The van der Waals surface area contributed by atoms with Crippen LogP contribution in [-0.4, -0.2) is 39.6 Å². The SMILES string of the molecule is CC[C@@H](C)NC(=O)[C@H]1CCCN(c2nccn3nc(-c4ccc(C)cc4C)cc23)C1. The first-order valence-corrected chi connectivity index (χ1v) is 10.9. The minimum absolute atomic E-state index is 0.00320. The third kappa shape index (κ3) is 4.04. The molecule has 1 saturated heterocycles. The molecule has 0 spiro atoms. The third-order valence-corrected chi connectivity index (χ3v) is 6.12. The highest BCUT2D eigenvalue weighted by atomic mass is 16.2. The number of piperidine rings is 1. The van der Waals surface area contributed by atoms with E-state index in [9.17, 15) is 4.79 Å². The van der Waals surface area contributed by atoms with Gasteiger partial charge in [0, 0.05) is 37.1 Å². The Morgan fingerprint density at radius 3 is 2.90 bits per heavy atom. The molecule has 1 N–H and O–H groups in total. The maximum atomic E-state index is 12.7. The average Bonchev–Trinajstić information content (AvgIpc) is 3.17. The van der Waals surface area contributed by atoms with Gasteiger partial charge in [0.1, 0.15) is 5.52 Å². The topological polar surface area (TPSA) is 62.5 Å². The number of hydrogen-bond acceptors (Lipinski definition) is 4. The van der Waals surface area contributed by atoms with Crippen molar-refractivity contribution in [2.75, 3.05) is 18.0 Å². The molecule has 1 aromatic carbocycles. The van der Waals surface area contributed by atoms with Crippen molar-refractivity contribution >= 4 is 17.2 Å². The summed E-state index contributed by atoms with van der Waals surface area (Å²) >= 11 is 0. The molecular weight excluding hydrogens is 374 g/mol. The van der Waals surface area contributed by atoms with Crippen LogP contribution in [0.3, 0.4) is 0 Å². The van der Waals surface area contributed by atoms with E-state index >= 15 is 0 Å². The standard InChI is InChI=1S/C24H31N5O/c1-5-18(4)26-24(30)19-7-6-11-28(15-19)23-22-14-21(27-29(22)12-10-25-23)20-9-8-16(2)13-17(20)3/h8-10,12-14,18-19H,5-7,11,15H2,1-4H3,(H,26,30)/t18-,19+/m1/s1. The molecule has 1 amide bonds. The maximum absolute atomic E-state index is 12.7. The molecule has 2 atom stereocenters. The molecule has 0 radical (unpaired) electrons. The van der Waals surface area contributed by atoms with Crippen molar-refractivity contribution in [3.8, 4) is 11.3 Å². The maximum Gasteiger partial charge on any atom is 0.225 e. The summed E-state index contributed by atoms with van der Waals surface area (Å²) in [5.41, 5.74) is 5.53. The lowest BCUT2D eigenvalue weighted by molar-refractivity contribution is -0.125. The molecule has 3 aromatic rings. The largest absolute Gasteiger partial charge is 0.354 e. The Hall–Kier alpha value is -2.89. The van der Waals surface area contributed by atoms with Crippen LogP contribution in [0.4, 0.5) is 5.82 Å². The highest BCUT2D eigenvalue weighted by molar-refractivity contribution is 5.81. The number of carbonyl (C=O) groups excluding carboxylic acids is 1. The second-order valence-electron chi connectivity index (χ2n) is 8.53. The average molecular weight is 406 g/mol. The van der Waals surface area contributed by atoms with Gasteiger partial charge < -0.3 is 10.2 Å². The number of benzene rings is 1. The van der Waals surface area contributed by atoms with E-state index in [4.69, 9.17) is 5.10 Å². The van der Waals surface area contributed by atoms with Gasteiger partial charge >= 0.3 is 0 Å². The van der Waals surface area contributed by atoms with E-state index in [1.54, 1.807) is 6.20 Å². The first kappa shape index (κ1) is 20.4. The summed E-state index contributed by atoms with van der Waals surface area (Å²) in [5, 5.41) is 7.95. The highest BCUT2D eigenvalue weighted by Crippen LogP contribution is 2.30. The minimum Gasteiger partial charge on any atom is -0.354 e. The van der Waals surface area contributed by atoms with Gasteiger partial charge in [0.2, 0.25) is 5.91 Å². The van der Waals surface area contributed by atoms with Crippen LogP contribution >= 0.6 is 0 Å². The van der Waals surface area contributed by atoms with Crippen LogP contribution in [0, 0.1) is 19.8 Å². The number of anilines is 1. The fourth-order valence-electron chi connectivity index (χ4n) is 4.23. The van der Waals surface area contributed by atoms with E-state index in [1.165, 1.54) is 11.1 Å². The number of amides is 1. The zero-order chi connectivity index (χ0) is 21.3.